The van der Waals surface area contributed by atoms with Gasteiger partial charge in [0.25, 0.3) is 0 Å². The van der Waals surface area contributed by atoms with Gasteiger partial charge in [0.15, 0.2) is 0 Å². The van der Waals surface area contributed by atoms with Crippen molar-refractivity contribution in [2.45, 2.75) is 77.7 Å². The fourth-order valence-electron chi connectivity index (χ4n) is 5.36. The number of fused-ring (bicyclic) bond motifs is 3. The van der Waals surface area contributed by atoms with E-state index < -0.39 is 6.16 Å². The molecule has 0 saturated heterocycles. The molecule has 39 heavy (non-hydrogen) atoms. The second-order valence-electron chi connectivity index (χ2n) is 10.9. The average Bonchev–Trinajstić information content (AvgIpc) is 2.88. The molecular weight excluding hydrogens is 500 g/mol. The summed E-state index contributed by atoms with van der Waals surface area (Å²) in [4.78, 5) is 12.7. The number of carbonyl (C=O) groups excluding carboxylic acids is 1. The van der Waals surface area contributed by atoms with E-state index in [0.717, 1.165) is 55.4 Å². The van der Waals surface area contributed by atoms with Crippen molar-refractivity contribution in [2.75, 3.05) is 60.0 Å². The molecule has 0 radical (unpaired) electrons. The summed E-state index contributed by atoms with van der Waals surface area (Å²) in [7, 11) is 1.64. The zero-order chi connectivity index (χ0) is 28.1. The topological polar surface area (TPSA) is 81.7 Å². The first kappa shape index (κ1) is 31.4. The zero-order valence-electron chi connectivity index (χ0n) is 24.6. The van der Waals surface area contributed by atoms with Crippen LogP contribution in [0.4, 0.5) is 4.79 Å². The van der Waals surface area contributed by atoms with Gasteiger partial charge in [-0.05, 0) is 64.2 Å². The quantitative estimate of drug-likeness (QED) is 0.0979. The Bertz CT molecular complexity index is 925. The minimum absolute atomic E-state index is 0.103. The predicted octanol–water partition coefficient (Wildman–Crippen LogP) is 6.24. The highest BCUT2D eigenvalue weighted by Crippen LogP contribution is 2.53. The Labute approximate surface area is 234 Å². The van der Waals surface area contributed by atoms with Crippen LogP contribution in [0.5, 0.6) is 11.5 Å². The van der Waals surface area contributed by atoms with E-state index >= 15 is 0 Å². The first-order valence-electron chi connectivity index (χ1n) is 14.5. The number of methoxy groups -OCH3 is 1. The number of allylic oxidation sites excluding steroid dienone is 2. The van der Waals surface area contributed by atoms with Crippen molar-refractivity contribution >= 4 is 6.16 Å². The average molecular weight is 549 g/mol. The molecule has 2 unspecified atom stereocenters. The van der Waals surface area contributed by atoms with Crippen molar-refractivity contribution in [3.05, 3.63) is 34.9 Å². The van der Waals surface area contributed by atoms with Gasteiger partial charge in [-0.25, -0.2) is 4.79 Å². The highest BCUT2D eigenvalue weighted by molar-refractivity contribution is 5.67. The summed E-state index contributed by atoms with van der Waals surface area (Å²) in [5, 5.41) is 0. The zero-order valence-corrected chi connectivity index (χ0v) is 24.6. The molecule has 1 aliphatic heterocycles. The van der Waals surface area contributed by atoms with E-state index in [9.17, 15) is 4.79 Å². The van der Waals surface area contributed by atoms with Crippen LogP contribution in [0.2, 0.25) is 0 Å². The van der Waals surface area contributed by atoms with Crippen LogP contribution in [0.15, 0.2) is 23.8 Å². The molecule has 0 amide bonds. The fourth-order valence-corrected chi connectivity index (χ4v) is 5.36. The van der Waals surface area contributed by atoms with Crippen molar-refractivity contribution in [1.82, 2.24) is 0 Å². The Morgan fingerprint density at radius 1 is 0.974 bits per heavy atom. The summed E-state index contributed by atoms with van der Waals surface area (Å²) in [5.41, 5.74) is 3.13. The van der Waals surface area contributed by atoms with E-state index in [1.807, 2.05) is 6.07 Å². The summed E-state index contributed by atoms with van der Waals surface area (Å²) in [6.45, 7) is 12.1. The lowest BCUT2D eigenvalue weighted by Crippen LogP contribution is -2.45. The molecule has 8 nitrogen and oxygen atoms in total. The van der Waals surface area contributed by atoms with Gasteiger partial charge >= 0.3 is 6.16 Å². The van der Waals surface area contributed by atoms with Gasteiger partial charge in [-0.2, -0.15) is 0 Å². The minimum Gasteiger partial charge on any atom is -0.487 e. The number of unbranched alkanes of at least 4 members (excludes halogenated alkanes) is 2. The van der Waals surface area contributed by atoms with Crippen LogP contribution in [0, 0.1) is 5.92 Å². The maximum Gasteiger partial charge on any atom is 0.513 e. The third kappa shape index (κ3) is 9.78. The predicted molar refractivity (Wildman–Crippen MR) is 150 cm³/mol. The van der Waals surface area contributed by atoms with Crippen LogP contribution in [-0.4, -0.2) is 71.7 Å². The van der Waals surface area contributed by atoms with Crippen LogP contribution in [0.1, 0.15) is 76.8 Å². The molecule has 0 spiro atoms. The van der Waals surface area contributed by atoms with E-state index in [2.05, 4.69) is 39.8 Å². The summed E-state index contributed by atoms with van der Waals surface area (Å²) < 4.78 is 38.9. The Balaban J connectivity index is 1.55. The number of ether oxygens (including phenoxy) is 7. The maximum absolute atomic E-state index is 12.7. The molecule has 0 aromatic heterocycles. The lowest BCUT2D eigenvalue weighted by atomic mass is 9.68. The SMILES string of the molecule is CCCCCc1cc(OC(=O)OCCOCCOCCOCCOC)c2c(c1)OC(C)(C)C1CCC(C)=CC21. The van der Waals surface area contributed by atoms with E-state index in [4.69, 9.17) is 33.2 Å². The lowest BCUT2D eigenvalue weighted by Gasteiger charge is -2.46. The van der Waals surface area contributed by atoms with Gasteiger partial charge in [-0.15, -0.1) is 0 Å². The van der Waals surface area contributed by atoms with Crippen LogP contribution in [0.25, 0.3) is 0 Å². The smallest absolute Gasteiger partial charge is 0.487 e. The van der Waals surface area contributed by atoms with Crippen LogP contribution < -0.4 is 9.47 Å². The lowest BCUT2D eigenvalue weighted by molar-refractivity contribution is -0.00481. The molecule has 0 fully saturated rings. The number of hydrogen-bond acceptors (Lipinski definition) is 8. The molecule has 220 valence electrons. The first-order chi connectivity index (χ1) is 18.9. The summed E-state index contributed by atoms with van der Waals surface area (Å²) in [6.07, 6.45) is 8.00. The normalized spacial score (nSPS) is 19.5. The van der Waals surface area contributed by atoms with E-state index in [1.165, 1.54) is 5.57 Å². The summed E-state index contributed by atoms with van der Waals surface area (Å²) in [6, 6.07) is 4.14. The van der Waals surface area contributed by atoms with Crippen molar-refractivity contribution < 1.29 is 38.0 Å². The second-order valence-corrected chi connectivity index (χ2v) is 10.9. The molecular formula is C31H48O8. The Kier molecular flexibility index (Phi) is 13.1. The van der Waals surface area contributed by atoms with Gasteiger partial charge in [-0.3, -0.25) is 0 Å². The van der Waals surface area contributed by atoms with E-state index in [0.29, 0.717) is 51.3 Å². The molecule has 1 aromatic carbocycles. The van der Waals surface area contributed by atoms with Crippen LogP contribution >= 0.6 is 0 Å². The standard InChI is InChI=1S/C31H48O8/c1-6-7-8-9-24-21-27(29-25-20-23(2)10-11-26(25)31(3,4)39-28(29)22-24)38-30(32)37-19-18-36-17-16-35-15-14-34-13-12-33-5/h20-22,25-26H,6-19H2,1-5H3. The first-order valence-corrected chi connectivity index (χ1v) is 14.5. The van der Waals surface area contributed by atoms with Crippen molar-refractivity contribution in [3.63, 3.8) is 0 Å². The van der Waals surface area contributed by atoms with Crippen molar-refractivity contribution in [1.29, 1.82) is 0 Å². The molecule has 1 aliphatic carbocycles. The molecule has 0 saturated carbocycles. The maximum atomic E-state index is 12.7. The monoisotopic (exact) mass is 548 g/mol. The second kappa shape index (κ2) is 16.2. The van der Waals surface area contributed by atoms with Gasteiger partial charge in [0, 0.05) is 24.5 Å². The van der Waals surface area contributed by atoms with E-state index in [1.54, 1.807) is 7.11 Å². The van der Waals surface area contributed by atoms with Crippen LogP contribution in [-0.2, 0) is 30.1 Å². The highest BCUT2D eigenvalue weighted by atomic mass is 16.7. The minimum atomic E-state index is -0.728. The molecule has 0 N–H and O–H groups in total. The molecule has 3 rings (SSSR count). The molecule has 0 bridgehead atoms. The largest absolute Gasteiger partial charge is 0.513 e. The Morgan fingerprint density at radius 3 is 2.31 bits per heavy atom. The fraction of sp³-hybridized carbons (Fsp3) is 0.710. The van der Waals surface area contributed by atoms with Crippen molar-refractivity contribution in [3.8, 4) is 11.5 Å². The molecule has 1 aromatic rings. The van der Waals surface area contributed by atoms with Gasteiger partial charge in [0.1, 0.15) is 23.7 Å². The molecule has 8 heteroatoms. The van der Waals surface area contributed by atoms with Crippen molar-refractivity contribution in [2.24, 2.45) is 5.92 Å². The number of carbonyl (C=O) groups is 1. The highest BCUT2D eigenvalue weighted by Gasteiger charge is 2.45. The number of rotatable bonds is 17. The Morgan fingerprint density at radius 2 is 1.64 bits per heavy atom. The van der Waals surface area contributed by atoms with Crippen LogP contribution in [0.3, 0.4) is 0 Å². The third-order valence-corrected chi connectivity index (χ3v) is 7.40. The van der Waals surface area contributed by atoms with Gasteiger partial charge < -0.3 is 33.2 Å². The molecule has 2 aliphatic rings. The Hall–Kier alpha value is -2.13. The van der Waals surface area contributed by atoms with Gasteiger partial charge in [0.05, 0.1) is 46.2 Å². The summed E-state index contributed by atoms with van der Waals surface area (Å²) >= 11 is 0. The van der Waals surface area contributed by atoms with Gasteiger partial charge in [0.2, 0.25) is 0 Å². The van der Waals surface area contributed by atoms with E-state index in [-0.39, 0.29) is 24.7 Å². The molecule has 1 heterocycles. The summed E-state index contributed by atoms with van der Waals surface area (Å²) in [5.74, 6) is 1.81. The molecule has 2 atom stereocenters. The number of aryl methyl sites for hydroxylation is 1. The van der Waals surface area contributed by atoms with Gasteiger partial charge in [-0.1, -0.05) is 31.4 Å². The third-order valence-electron chi connectivity index (χ3n) is 7.40. The number of benzene rings is 1. The number of hydrogen-bond donors (Lipinski definition) is 0.